The quantitative estimate of drug-likeness (QED) is 0.812. The smallest absolute Gasteiger partial charge is 0.248 e. The van der Waals surface area contributed by atoms with Crippen LogP contribution in [0.4, 0.5) is 0 Å². The van der Waals surface area contributed by atoms with E-state index >= 15 is 0 Å². The zero-order chi connectivity index (χ0) is 14.7. The Morgan fingerprint density at radius 1 is 0.650 bits per heavy atom. The summed E-state index contributed by atoms with van der Waals surface area (Å²) in [4.78, 5) is 34.5. The first kappa shape index (κ1) is 13.5. The van der Waals surface area contributed by atoms with Crippen LogP contribution in [0.2, 0.25) is 0 Å². The standard InChI is InChI=1S/C15H12N2O3/c16-14(19)11-5-1-3-9(7-11)13(18)10-4-2-6-12(8-10)15(17)20/h1-8H,(H2,16,19)(H2,17,20). The minimum Gasteiger partial charge on any atom is -0.366 e. The first-order valence-corrected chi connectivity index (χ1v) is 5.83. The average molecular weight is 268 g/mol. The van der Waals surface area contributed by atoms with Gasteiger partial charge in [0.1, 0.15) is 0 Å². The average Bonchev–Trinajstić information content (AvgIpc) is 2.46. The number of rotatable bonds is 4. The van der Waals surface area contributed by atoms with Crippen molar-refractivity contribution in [3.05, 3.63) is 70.8 Å². The molecule has 0 saturated heterocycles. The number of carbonyl (C=O) groups is 3. The lowest BCUT2D eigenvalue weighted by Crippen LogP contribution is -2.13. The van der Waals surface area contributed by atoms with Crippen LogP contribution in [0.3, 0.4) is 0 Å². The molecule has 0 saturated carbocycles. The Balaban J connectivity index is 2.41. The number of primary amides is 2. The van der Waals surface area contributed by atoms with Crippen LogP contribution >= 0.6 is 0 Å². The van der Waals surface area contributed by atoms with E-state index in [-0.39, 0.29) is 16.9 Å². The van der Waals surface area contributed by atoms with E-state index in [1.807, 2.05) is 0 Å². The van der Waals surface area contributed by atoms with Crippen molar-refractivity contribution in [2.24, 2.45) is 11.5 Å². The van der Waals surface area contributed by atoms with Gasteiger partial charge in [0.15, 0.2) is 5.78 Å². The van der Waals surface area contributed by atoms with Gasteiger partial charge in [-0.25, -0.2) is 0 Å². The Kier molecular flexibility index (Phi) is 3.61. The lowest BCUT2D eigenvalue weighted by atomic mass is 9.99. The van der Waals surface area contributed by atoms with E-state index < -0.39 is 11.8 Å². The number of carbonyl (C=O) groups excluding carboxylic acids is 3. The van der Waals surface area contributed by atoms with E-state index in [1.54, 1.807) is 24.3 Å². The molecule has 2 aromatic rings. The molecule has 20 heavy (non-hydrogen) atoms. The van der Waals surface area contributed by atoms with Crippen molar-refractivity contribution >= 4 is 17.6 Å². The lowest BCUT2D eigenvalue weighted by Gasteiger charge is -2.04. The number of benzene rings is 2. The molecule has 0 fully saturated rings. The van der Waals surface area contributed by atoms with Gasteiger partial charge >= 0.3 is 0 Å². The highest BCUT2D eigenvalue weighted by Crippen LogP contribution is 2.13. The zero-order valence-electron chi connectivity index (χ0n) is 10.5. The second kappa shape index (κ2) is 5.36. The molecular weight excluding hydrogens is 256 g/mol. The van der Waals surface area contributed by atoms with Gasteiger partial charge in [-0.3, -0.25) is 14.4 Å². The van der Waals surface area contributed by atoms with Crippen LogP contribution in [0.25, 0.3) is 0 Å². The van der Waals surface area contributed by atoms with E-state index in [0.29, 0.717) is 11.1 Å². The predicted octanol–water partition coefficient (Wildman–Crippen LogP) is 1.12. The summed E-state index contributed by atoms with van der Waals surface area (Å²) in [5, 5.41) is 0. The maximum Gasteiger partial charge on any atom is 0.248 e. The zero-order valence-corrected chi connectivity index (χ0v) is 10.5. The SMILES string of the molecule is NC(=O)c1cccc(C(=O)c2cccc(C(N)=O)c2)c1. The van der Waals surface area contributed by atoms with Gasteiger partial charge in [-0.15, -0.1) is 0 Å². The van der Waals surface area contributed by atoms with Crippen molar-refractivity contribution in [3.8, 4) is 0 Å². The molecule has 0 unspecified atom stereocenters. The van der Waals surface area contributed by atoms with Gasteiger partial charge in [-0.1, -0.05) is 24.3 Å². The molecule has 0 atom stereocenters. The van der Waals surface area contributed by atoms with Crippen molar-refractivity contribution in [2.75, 3.05) is 0 Å². The first-order chi connectivity index (χ1) is 9.49. The molecule has 4 N–H and O–H groups in total. The third-order valence-corrected chi connectivity index (χ3v) is 2.82. The number of amides is 2. The van der Waals surface area contributed by atoms with Crippen LogP contribution in [0.5, 0.6) is 0 Å². The van der Waals surface area contributed by atoms with Gasteiger partial charge in [-0.2, -0.15) is 0 Å². The molecule has 0 radical (unpaired) electrons. The topological polar surface area (TPSA) is 103 Å². The number of hydrogen-bond donors (Lipinski definition) is 2. The van der Waals surface area contributed by atoms with Gasteiger partial charge in [0.05, 0.1) is 0 Å². The van der Waals surface area contributed by atoms with Crippen LogP contribution in [-0.2, 0) is 0 Å². The molecule has 2 aromatic carbocycles. The summed E-state index contributed by atoms with van der Waals surface area (Å²) in [5.41, 5.74) is 11.5. The summed E-state index contributed by atoms with van der Waals surface area (Å²) in [6, 6.07) is 12.2. The molecule has 5 heteroatoms. The molecular formula is C15H12N2O3. The summed E-state index contributed by atoms with van der Waals surface area (Å²) < 4.78 is 0. The van der Waals surface area contributed by atoms with E-state index in [9.17, 15) is 14.4 Å². The van der Waals surface area contributed by atoms with Crippen molar-refractivity contribution in [1.82, 2.24) is 0 Å². The van der Waals surface area contributed by atoms with Crippen LogP contribution < -0.4 is 11.5 Å². The van der Waals surface area contributed by atoms with Gasteiger partial charge in [0.2, 0.25) is 11.8 Å². The van der Waals surface area contributed by atoms with Gasteiger partial charge in [-0.05, 0) is 24.3 Å². The van der Waals surface area contributed by atoms with E-state index in [2.05, 4.69) is 0 Å². The maximum atomic E-state index is 12.3. The molecule has 5 nitrogen and oxygen atoms in total. The van der Waals surface area contributed by atoms with Crippen molar-refractivity contribution in [3.63, 3.8) is 0 Å². The van der Waals surface area contributed by atoms with Crippen LogP contribution in [0.15, 0.2) is 48.5 Å². The third-order valence-electron chi connectivity index (χ3n) is 2.82. The number of hydrogen-bond acceptors (Lipinski definition) is 3. The predicted molar refractivity (Wildman–Crippen MR) is 73.4 cm³/mol. The van der Waals surface area contributed by atoms with Crippen molar-refractivity contribution in [2.45, 2.75) is 0 Å². The highest BCUT2D eigenvalue weighted by atomic mass is 16.1. The molecule has 0 bridgehead atoms. The monoisotopic (exact) mass is 268 g/mol. The van der Waals surface area contributed by atoms with E-state index in [0.717, 1.165) is 0 Å². The summed E-state index contributed by atoms with van der Waals surface area (Å²) >= 11 is 0. The second-order valence-electron chi connectivity index (χ2n) is 4.22. The molecule has 0 spiro atoms. The molecule has 0 aliphatic carbocycles. The van der Waals surface area contributed by atoms with Gasteiger partial charge in [0, 0.05) is 22.3 Å². The molecule has 0 heterocycles. The van der Waals surface area contributed by atoms with Crippen LogP contribution in [-0.4, -0.2) is 17.6 Å². The summed E-state index contributed by atoms with van der Waals surface area (Å²) in [5.74, 6) is -1.52. The molecule has 0 aliphatic heterocycles. The Morgan fingerprint density at radius 2 is 1.00 bits per heavy atom. The van der Waals surface area contributed by atoms with E-state index in [1.165, 1.54) is 24.3 Å². The second-order valence-corrected chi connectivity index (χ2v) is 4.22. The molecule has 2 rings (SSSR count). The first-order valence-electron chi connectivity index (χ1n) is 5.83. The Hall–Kier alpha value is -2.95. The summed E-state index contributed by atoms with van der Waals surface area (Å²) in [6.45, 7) is 0. The fraction of sp³-hybridized carbons (Fsp3) is 0. The van der Waals surface area contributed by atoms with Crippen molar-refractivity contribution < 1.29 is 14.4 Å². The number of nitrogens with two attached hydrogens (primary N) is 2. The molecule has 0 aromatic heterocycles. The highest BCUT2D eigenvalue weighted by Gasteiger charge is 2.12. The molecule has 0 aliphatic rings. The number of ketones is 1. The van der Waals surface area contributed by atoms with Crippen LogP contribution in [0, 0.1) is 0 Å². The van der Waals surface area contributed by atoms with Gasteiger partial charge < -0.3 is 11.5 Å². The van der Waals surface area contributed by atoms with Gasteiger partial charge in [0.25, 0.3) is 0 Å². The molecule has 100 valence electrons. The minimum absolute atomic E-state index is 0.252. The maximum absolute atomic E-state index is 12.3. The fourth-order valence-corrected chi connectivity index (χ4v) is 1.79. The lowest BCUT2D eigenvalue weighted by molar-refractivity contribution is 0.0992. The summed E-state index contributed by atoms with van der Waals surface area (Å²) in [6.07, 6.45) is 0. The highest BCUT2D eigenvalue weighted by molar-refractivity contribution is 6.11. The normalized spacial score (nSPS) is 10.0. The van der Waals surface area contributed by atoms with Crippen LogP contribution in [0.1, 0.15) is 36.6 Å². The Bertz CT molecular complexity index is 648. The Morgan fingerprint density at radius 3 is 1.35 bits per heavy atom. The van der Waals surface area contributed by atoms with Crippen molar-refractivity contribution in [1.29, 1.82) is 0 Å². The van der Waals surface area contributed by atoms with E-state index in [4.69, 9.17) is 11.5 Å². The third kappa shape index (κ3) is 2.72. The minimum atomic E-state index is -0.606. The largest absolute Gasteiger partial charge is 0.366 e. The molecule has 2 amide bonds. The fourth-order valence-electron chi connectivity index (χ4n) is 1.79. The summed E-state index contributed by atoms with van der Waals surface area (Å²) in [7, 11) is 0. The Labute approximate surface area is 115 Å².